The number of piperidine rings is 1. The number of nitrogens with zero attached hydrogens (tertiary/aromatic N) is 2. The fourth-order valence-electron chi connectivity index (χ4n) is 4.22. The molecule has 4 unspecified atom stereocenters. The van der Waals surface area contributed by atoms with Gasteiger partial charge in [-0.25, -0.2) is 0 Å². The Balaban J connectivity index is 2.12. The minimum atomic E-state index is -1.07. The fourth-order valence-corrected chi connectivity index (χ4v) is 4.22. The predicted molar refractivity (Wildman–Crippen MR) is 101 cm³/mol. The second kappa shape index (κ2) is 7.56. The van der Waals surface area contributed by atoms with Crippen LogP contribution in [0.5, 0.6) is 0 Å². The zero-order chi connectivity index (χ0) is 18.7. The first-order valence-corrected chi connectivity index (χ1v) is 9.22. The monoisotopic (exact) mass is 354 g/mol. The molecule has 138 valence electrons. The molecule has 0 amide bonds. The van der Waals surface area contributed by atoms with Crippen LogP contribution in [-0.4, -0.2) is 26.7 Å². The van der Waals surface area contributed by atoms with Crippen molar-refractivity contribution >= 4 is 0 Å². The summed E-state index contributed by atoms with van der Waals surface area (Å²) in [4.78, 5) is 13.6. The molecule has 1 aliphatic rings. The second-order valence-corrected chi connectivity index (χ2v) is 7.08. The van der Waals surface area contributed by atoms with Gasteiger partial charge in [0.25, 0.3) is 0 Å². The standard InChI is InChI=1S/C21H26N2O3/c1-3-21(24)15-14-19(23(25)26)20(18-12-8-5-9-13-18)22(21)16(2)17-10-6-4-7-11-17/h4-13,16,19-20,24H,3,14-15H2,1-2H3. The van der Waals surface area contributed by atoms with Crippen LogP contribution in [0.3, 0.4) is 0 Å². The van der Waals surface area contributed by atoms with E-state index in [0.29, 0.717) is 19.3 Å². The van der Waals surface area contributed by atoms with Crippen LogP contribution in [0.25, 0.3) is 0 Å². The van der Waals surface area contributed by atoms with Crippen LogP contribution in [0.1, 0.15) is 56.3 Å². The van der Waals surface area contributed by atoms with Gasteiger partial charge in [0.05, 0.1) is 0 Å². The Labute approximate surface area is 154 Å². The SMILES string of the molecule is CCC1(O)CCC([N+](=O)[O-])C(c2ccccc2)N1C(C)c1ccccc1. The molecule has 1 saturated heterocycles. The molecular weight excluding hydrogens is 328 g/mol. The van der Waals surface area contributed by atoms with Crippen LogP contribution in [0.4, 0.5) is 0 Å². The molecule has 2 aromatic rings. The lowest BCUT2D eigenvalue weighted by molar-refractivity contribution is -0.542. The van der Waals surface area contributed by atoms with Gasteiger partial charge in [-0.15, -0.1) is 0 Å². The first-order valence-electron chi connectivity index (χ1n) is 9.22. The van der Waals surface area contributed by atoms with Crippen molar-refractivity contribution in [2.24, 2.45) is 0 Å². The highest BCUT2D eigenvalue weighted by atomic mass is 16.6. The Morgan fingerprint density at radius 3 is 2.31 bits per heavy atom. The van der Waals surface area contributed by atoms with Crippen molar-refractivity contribution in [3.8, 4) is 0 Å². The van der Waals surface area contributed by atoms with Crippen LogP contribution < -0.4 is 0 Å². The van der Waals surface area contributed by atoms with Gasteiger partial charge in [-0.05, 0) is 30.9 Å². The highest BCUT2D eigenvalue weighted by Crippen LogP contribution is 2.46. The third-order valence-electron chi connectivity index (χ3n) is 5.66. The summed E-state index contributed by atoms with van der Waals surface area (Å²) in [6, 6.07) is 18.1. The van der Waals surface area contributed by atoms with E-state index in [-0.39, 0.29) is 11.0 Å². The molecule has 1 heterocycles. The highest BCUT2D eigenvalue weighted by molar-refractivity contribution is 5.25. The molecule has 1 N–H and O–H groups in total. The van der Waals surface area contributed by atoms with Gasteiger partial charge in [-0.3, -0.25) is 15.0 Å². The zero-order valence-electron chi connectivity index (χ0n) is 15.3. The van der Waals surface area contributed by atoms with Gasteiger partial charge in [0.15, 0.2) is 0 Å². The van der Waals surface area contributed by atoms with Crippen LogP contribution in [-0.2, 0) is 0 Å². The van der Waals surface area contributed by atoms with Crippen molar-refractivity contribution in [3.05, 3.63) is 81.9 Å². The lowest BCUT2D eigenvalue weighted by Gasteiger charge is -2.51. The smallest absolute Gasteiger partial charge is 0.232 e. The van der Waals surface area contributed by atoms with E-state index in [2.05, 4.69) is 0 Å². The Hall–Kier alpha value is -2.24. The summed E-state index contributed by atoms with van der Waals surface area (Å²) in [6.45, 7) is 3.97. The largest absolute Gasteiger partial charge is 0.376 e. The summed E-state index contributed by atoms with van der Waals surface area (Å²) < 4.78 is 0. The quantitative estimate of drug-likeness (QED) is 0.641. The van der Waals surface area contributed by atoms with Crippen LogP contribution >= 0.6 is 0 Å². The average Bonchev–Trinajstić information content (AvgIpc) is 2.68. The molecule has 26 heavy (non-hydrogen) atoms. The molecule has 0 bridgehead atoms. The summed E-state index contributed by atoms with van der Waals surface area (Å²) in [6.07, 6.45) is 1.29. The van der Waals surface area contributed by atoms with E-state index in [1.54, 1.807) is 0 Å². The van der Waals surface area contributed by atoms with Gasteiger partial charge in [0.2, 0.25) is 6.04 Å². The minimum absolute atomic E-state index is 0.144. The maximum Gasteiger partial charge on any atom is 0.232 e. The first kappa shape index (κ1) is 18.5. The third kappa shape index (κ3) is 3.37. The Bertz CT molecular complexity index is 737. The third-order valence-corrected chi connectivity index (χ3v) is 5.66. The molecule has 0 spiro atoms. The molecule has 0 radical (unpaired) electrons. The van der Waals surface area contributed by atoms with E-state index in [9.17, 15) is 15.2 Å². The predicted octanol–water partition coefficient (Wildman–Crippen LogP) is 4.33. The summed E-state index contributed by atoms with van der Waals surface area (Å²) >= 11 is 0. The van der Waals surface area contributed by atoms with Crippen molar-refractivity contribution in [3.63, 3.8) is 0 Å². The first-order chi connectivity index (χ1) is 12.5. The summed E-state index contributed by atoms with van der Waals surface area (Å²) in [5.41, 5.74) is 0.857. The molecule has 5 heteroatoms. The molecule has 0 aliphatic carbocycles. The normalized spacial score (nSPS) is 27.8. The van der Waals surface area contributed by atoms with E-state index in [1.165, 1.54) is 0 Å². The summed E-state index contributed by atoms with van der Waals surface area (Å²) in [5.74, 6) is 0. The zero-order valence-corrected chi connectivity index (χ0v) is 15.3. The Morgan fingerprint density at radius 2 is 1.77 bits per heavy atom. The minimum Gasteiger partial charge on any atom is -0.376 e. The van der Waals surface area contributed by atoms with Gasteiger partial charge >= 0.3 is 0 Å². The molecular formula is C21H26N2O3. The molecule has 5 nitrogen and oxygen atoms in total. The molecule has 1 fully saturated rings. The highest BCUT2D eigenvalue weighted by Gasteiger charge is 2.52. The van der Waals surface area contributed by atoms with Crippen molar-refractivity contribution in [1.82, 2.24) is 4.90 Å². The van der Waals surface area contributed by atoms with Gasteiger partial charge < -0.3 is 5.11 Å². The van der Waals surface area contributed by atoms with Crippen LogP contribution in [0.2, 0.25) is 0 Å². The maximum absolute atomic E-state index is 11.8. The lowest BCUT2D eigenvalue weighted by atomic mass is 9.81. The van der Waals surface area contributed by atoms with Gasteiger partial charge in [0, 0.05) is 17.4 Å². The van der Waals surface area contributed by atoms with E-state index in [1.807, 2.05) is 79.4 Å². The molecule has 2 aromatic carbocycles. The van der Waals surface area contributed by atoms with Gasteiger partial charge in [0.1, 0.15) is 11.8 Å². The van der Waals surface area contributed by atoms with Gasteiger partial charge in [-0.2, -0.15) is 0 Å². The summed E-state index contributed by atoms with van der Waals surface area (Å²) in [5, 5.41) is 23.2. The Morgan fingerprint density at radius 1 is 1.19 bits per heavy atom. The van der Waals surface area contributed by atoms with E-state index >= 15 is 0 Å². The molecule has 0 aromatic heterocycles. The number of hydrogen-bond acceptors (Lipinski definition) is 4. The van der Waals surface area contributed by atoms with Crippen LogP contribution in [0.15, 0.2) is 60.7 Å². The van der Waals surface area contributed by atoms with Gasteiger partial charge in [-0.1, -0.05) is 67.6 Å². The lowest BCUT2D eigenvalue weighted by Crippen LogP contribution is -2.59. The van der Waals surface area contributed by atoms with Crippen molar-refractivity contribution in [1.29, 1.82) is 0 Å². The second-order valence-electron chi connectivity index (χ2n) is 7.08. The molecule has 3 rings (SSSR count). The molecule has 4 atom stereocenters. The van der Waals surface area contributed by atoms with Crippen molar-refractivity contribution in [2.45, 2.75) is 57.0 Å². The van der Waals surface area contributed by atoms with Crippen LogP contribution in [0, 0.1) is 10.1 Å². The molecule has 1 aliphatic heterocycles. The fraction of sp³-hybridized carbons (Fsp3) is 0.429. The van der Waals surface area contributed by atoms with Crippen molar-refractivity contribution < 1.29 is 10.0 Å². The summed E-state index contributed by atoms with van der Waals surface area (Å²) in [7, 11) is 0. The number of nitro groups is 1. The molecule has 0 saturated carbocycles. The van der Waals surface area contributed by atoms with E-state index in [4.69, 9.17) is 0 Å². The number of likely N-dealkylation sites (tertiary alicyclic amines) is 1. The topological polar surface area (TPSA) is 66.6 Å². The number of aliphatic hydroxyl groups is 1. The number of rotatable bonds is 5. The number of benzene rings is 2. The average molecular weight is 354 g/mol. The maximum atomic E-state index is 11.8. The Kier molecular flexibility index (Phi) is 5.39. The van der Waals surface area contributed by atoms with Crippen molar-refractivity contribution in [2.75, 3.05) is 0 Å². The number of hydrogen-bond donors (Lipinski definition) is 1. The van der Waals surface area contributed by atoms with E-state index < -0.39 is 17.8 Å². The van der Waals surface area contributed by atoms with E-state index in [0.717, 1.165) is 11.1 Å².